The first-order valence-electron chi connectivity index (χ1n) is 5.87. The van der Waals surface area contributed by atoms with Crippen molar-refractivity contribution in [3.8, 4) is 11.5 Å². The summed E-state index contributed by atoms with van der Waals surface area (Å²) in [6.45, 7) is 2.53. The van der Waals surface area contributed by atoms with Gasteiger partial charge < -0.3 is 20.9 Å². The van der Waals surface area contributed by atoms with Crippen molar-refractivity contribution >= 4 is 5.91 Å². The van der Waals surface area contributed by atoms with Crippen LogP contribution in [0.4, 0.5) is 0 Å². The van der Waals surface area contributed by atoms with Gasteiger partial charge >= 0.3 is 0 Å². The van der Waals surface area contributed by atoms with Gasteiger partial charge in [0.2, 0.25) is 5.91 Å². The molecule has 0 heterocycles. The van der Waals surface area contributed by atoms with Crippen LogP contribution in [-0.2, 0) is 11.2 Å². The number of amides is 1. The van der Waals surface area contributed by atoms with Crippen LogP contribution in [0.15, 0.2) is 18.2 Å². The Hall–Kier alpha value is -1.75. The van der Waals surface area contributed by atoms with Gasteiger partial charge in [0, 0.05) is 0 Å². The van der Waals surface area contributed by atoms with Crippen LogP contribution in [0.3, 0.4) is 0 Å². The normalized spacial score (nSPS) is 11.9. The van der Waals surface area contributed by atoms with E-state index in [-0.39, 0.29) is 18.4 Å². The Kier molecular flexibility index (Phi) is 5.45. The number of carbonyl (C=O) groups is 1. The highest BCUT2D eigenvalue weighted by atomic mass is 16.5. The summed E-state index contributed by atoms with van der Waals surface area (Å²) >= 11 is 0. The van der Waals surface area contributed by atoms with E-state index in [0.29, 0.717) is 18.0 Å². The summed E-state index contributed by atoms with van der Waals surface area (Å²) in [5.41, 5.74) is 11.8. The van der Waals surface area contributed by atoms with E-state index in [1.165, 1.54) is 0 Å². The Bertz CT molecular complexity index is 407. The fourth-order valence-electron chi connectivity index (χ4n) is 1.45. The van der Waals surface area contributed by atoms with Crippen molar-refractivity contribution < 1.29 is 14.3 Å². The predicted molar refractivity (Wildman–Crippen MR) is 69.6 cm³/mol. The van der Waals surface area contributed by atoms with E-state index in [0.717, 1.165) is 12.0 Å². The van der Waals surface area contributed by atoms with Crippen LogP contribution in [0, 0.1) is 5.92 Å². The molecule has 0 saturated heterocycles. The fourth-order valence-corrected chi connectivity index (χ4v) is 1.45. The van der Waals surface area contributed by atoms with Crippen LogP contribution in [0.2, 0.25) is 0 Å². The Morgan fingerprint density at radius 1 is 1.39 bits per heavy atom. The van der Waals surface area contributed by atoms with Gasteiger partial charge in [-0.15, -0.1) is 0 Å². The second-order valence-electron chi connectivity index (χ2n) is 4.14. The number of methoxy groups -OCH3 is 1. The fraction of sp³-hybridized carbons (Fsp3) is 0.462. The SMILES string of the molecule is COc1ccc(CCN)cc1OCC(C)C(N)=O. The van der Waals surface area contributed by atoms with Crippen LogP contribution < -0.4 is 20.9 Å². The van der Waals surface area contributed by atoms with Gasteiger partial charge in [-0.2, -0.15) is 0 Å². The Morgan fingerprint density at radius 3 is 2.67 bits per heavy atom. The first kappa shape index (κ1) is 14.3. The summed E-state index contributed by atoms with van der Waals surface area (Å²) in [6.07, 6.45) is 0.770. The molecule has 1 atom stereocenters. The second-order valence-corrected chi connectivity index (χ2v) is 4.14. The van der Waals surface area contributed by atoms with Crippen molar-refractivity contribution in [2.75, 3.05) is 20.3 Å². The highest BCUT2D eigenvalue weighted by molar-refractivity contribution is 5.76. The lowest BCUT2D eigenvalue weighted by atomic mass is 10.1. The van der Waals surface area contributed by atoms with Crippen LogP contribution in [0.25, 0.3) is 0 Å². The van der Waals surface area contributed by atoms with Gasteiger partial charge in [-0.3, -0.25) is 4.79 Å². The lowest BCUT2D eigenvalue weighted by Gasteiger charge is -2.14. The molecule has 0 fully saturated rings. The number of hydrogen-bond donors (Lipinski definition) is 2. The molecule has 1 amide bonds. The topological polar surface area (TPSA) is 87.6 Å². The van der Waals surface area contributed by atoms with Crippen molar-refractivity contribution in [1.29, 1.82) is 0 Å². The lowest BCUT2D eigenvalue weighted by molar-refractivity contribution is -0.122. The molecular formula is C13H20N2O3. The third kappa shape index (κ3) is 3.92. The van der Waals surface area contributed by atoms with Crippen LogP contribution in [0.5, 0.6) is 11.5 Å². The molecule has 100 valence electrons. The molecule has 0 saturated carbocycles. The highest BCUT2D eigenvalue weighted by Crippen LogP contribution is 2.28. The third-order valence-corrected chi connectivity index (χ3v) is 2.64. The van der Waals surface area contributed by atoms with Gasteiger partial charge in [0.15, 0.2) is 11.5 Å². The van der Waals surface area contributed by atoms with Crippen LogP contribution in [0.1, 0.15) is 12.5 Å². The number of rotatable bonds is 7. The lowest BCUT2D eigenvalue weighted by Crippen LogP contribution is -2.25. The summed E-state index contributed by atoms with van der Waals surface area (Å²) in [4.78, 5) is 10.9. The number of nitrogens with two attached hydrogens (primary N) is 2. The summed E-state index contributed by atoms with van der Waals surface area (Å²) in [7, 11) is 1.57. The molecule has 4 N–H and O–H groups in total. The van der Waals surface area contributed by atoms with E-state index in [1.807, 2.05) is 18.2 Å². The molecule has 1 unspecified atom stereocenters. The van der Waals surface area contributed by atoms with E-state index in [2.05, 4.69) is 0 Å². The first-order chi connectivity index (χ1) is 8.58. The standard InChI is InChI=1S/C13H20N2O3/c1-9(13(15)16)8-18-12-7-10(5-6-14)3-4-11(12)17-2/h3-4,7,9H,5-6,8,14H2,1-2H3,(H2,15,16). The van der Waals surface area contributed by atoms with Crippen molar-refractivity contribution in [3.05, 3.63) is 23.8 Å². The zero-order chi connectivity index (χ0) is 13.5. The Balaban J connectivity index is 2.77. The average molecular weight is 252 g/mol. The minimum Gasteiger partial charge on any atom is -0.493 e. The molecule has 0 aliphatic rings. The van der Waals surface area contributed by atoms with E-state index in [4.69, 9.17) is 20.9 Å². The molecule has 0 aliphatic carbocycles. The predicted octanol–water partition coefficient (Wildman–Crippen LogP) is 0.697. The third-order valence-electron chi connectivity index (χ3n) is 2.64. The minimum atomic E-state index is -0.382. The average Bonchev–Trinajstić information content (AvgIpc) is 2.36. The molecule has 5 heteroatoms. The maximum Gasteiger partial charge on any atom is 0.223 e. The van der Waals surface area contributed by atoms with Crippen molar-refractivity contribution in [1.82, 2.24) is 0 Å². The number of hydrogen-bond acceptors (Lipinski definition) is 4. The molecular weight excluding hydrogens is 232 g/mol. The quantitative estimate of drug-likeness (QED) is 0.747. The summed E-state index contributed by atoms with van der Waals surface area (Å²) in [6, 6.07) is 5.64. The first-order valence-corrected chi connectivity index (χ1v) is 5.87. The van der Waals surface area contributed by atoms with E-state index >= 15 is 0 Å². The van der Waals surface area contributed by atoms with Crippen molar-refractivity contribution in [3.63, 3.8) is 0 Å². The Labute approximate surface area is 107 Å². The smallest absolute Gasteiger partial charge is 0.223 e. The molecule has 0 aliphatic heterocycles. The van der Waals surface area contributed by atoms with E-state index in [9.17, 15) is 4.79 Å². The Morgan fingerprint density at radius 2 is 2.11 bits per heavy atom. The highest BCUT2D eigenvalue weighted by Gasteiger charge is 2.12. The minimum absolute atomic E-state index is 0.234. The van der Waals surface area contributed by atoms with E-state index in [1.54, 1.807) is 14.0 Å². The number of ether oxygens (including phenoxy) is 2. The zero-order valence-electron chi connectivity index (χ0n) is 10.8. The van der Waals surface area contributed by atoms with Gasteiger partial charge in [0.1, 0.15) is 0 Å². The molecule has 0 bridgehead atoms. The molecule has 0 aromatic heterocycles. The maximum absolute atomic E-state index is 10.9. The van der Waals surface area contributed by atoms with Crippen molar-refractivity contribution in [2.45, 2.75) is 13.3 Å². The maximum atomic E-state index is 10.9. The summed E-state index contributed by atoms with van der Waals surface area (Å²) in [5.74, 6) is 0.518. The van der Waals surface area contributed by atoms with E-state index < -0.39 is 0 Å². The number of primary amides is 1. The molecule has 0 radical (unpaired) electrons. The molecule has 0 spiro atoms. The van der Waals surface area contributed by atoms with Gasteiger partial charge in [-0.1, -0.05) is 13.0 Å². The monoisotopic (exact) mass is 252 g/mol. The molecule has 1 aromatic carbocycles. The van der Waals surface area contributed by atoms with Gasteiger partial charge in [0.25, 0.3) is 0 Å². The van der Waals surface area contributed by atoms with Crippen LogP contribution >= 0.6 is 0 Å². The molecule has 1 rings (SSSR count). The number of benzene rings is 1. The number of carbonyl (C=O) groups excluding carboxylic acids is 1. The van der Waals surface area contributed by atoms with Gasteiger partial charge in [-0.05, 0) is 30.7 Å². The molecule has 1 aromatic rings. The second kappa shape index (κ2) is 6.86. The summed E-state index contributed by atoms with van der Waals surface area (Å²) < 4.78 is 10.8. The summed E-state index contributed by atoms with van der Waals surface area (Å²) in [5, 5.41) is 0. The largest absolute Gasteiger partial charge is 0.493 e. The zero-order valence-corrected chi connectivity index (χ0v) is 10.8. The van der Waals surface area contributed by atoms with Gasteiger partial charge in [0.05, 0.1) is 19.6 Å². The molecule has 18 heavy (non-hydrogen) atoms. The molecule has 5 nitrogen and oxygen atoms in total. The van der Waals surface area contributed by atoms with Crippen molar-refractivity contribution in [2.24, 2.45) is 17.4 Å². The van der Waals surface area contributed by atoms with Gasteiger partial charge in [-0.25, -0.2) is 0 Å². The van der Waals surface area contributed by atoms with Crippen LogP contribution in [-0.4, -0.2) is 26.2 Å².